The second kappa shape index (κ2) is 8.39. The summed E-state index contributed by atoms with van der Waals surface area (Å²) in [5.74, 6) is 2.05. The van der Waals surface area contributed by atoms with E-state index in [1.165, 1.54) is 38.4 Å². The molecule has 2 saturated carbocycles. The van der Waals surface area contributed by atoms with Crippen molar-refractivity contribution in [2.75, 3.05) is 14.2 Å². The molecule has 2 fully saturated rings. The number of nitrogens with zero attached hydrogens (tertiary/aromatic N) is 2. The Labute approximate surface area is 172 Å². The lowest BCUT2D eigenvalue weighted by Gasteiger charge is -2.55. The van der Waals surface area contributed by atoms with Gasteiger partial charge in [0.15, 0.2) is 0 Å². The van der Waals surface area contributed by atoms with Gasteiger partial charge in [-0.1, -0.05) is 43.2 Å². The monoisotopic (exact) mass is 395 g/mol. The van der Waals surface area contributed by atoms with Crippen LogP contribution in [0.3, 0.4) is 0 Å². The Balaban J connectivity index is 1.51. The van der Waals surface area contributed by atoms with Gasteiger partial charge in [-0.05, 0) is 37.2 Å². The van der Waals surface area contributed by atoms with Crippen LogP contribution in [0.5, 0.6) is 11.9 Å². The number of carbonyl (C=O) groups is 1. The van der Waals surface area contributed by atoms with E-state index in [0.717, 1.165) is 0 Å². The van der Waals surface area contributed by atoms with Gasteiger partial charge in [-0.15, -0.1) is 0 Å². The largest absolute Gasteiger partial charge is 0.481 e. The van der Waals surface area contributed by atoms with E-state index >= 15 is 0 Å². The van der Waals surface area contributed by atoms with E-state index in [1.807, 2.05) is 13.0 Å². The molecule has 2 aliphatic carbocycles. The number of aromatic nitrogens is 2. The van der Waals surface area contributed by atoms with Crippen molar-refractivity contribution in [2.45, 2.75) is 51.0 Å². The lowest BCUT2D eigenvalue weighted by molar-refractivity contribution is -0.124. The second-order valence-corrected chi connectivity index (χ2v) is 8.10. The summed E-state index contributed by atoms with van der Waals surface area (Å²) in [6.07, 6.45) is 5.22. The summed E-state index contributed by atoms with van der Waals surface area (Å²) < 4.78 is 10.5. The smallest absolute Gasteiger partial charge is 0.319 e. The summed E-state index contributed by atoms with van der Waals surface area (Å²) in [5, 5.41) is 3.34. The second-order valence-electron chi connectivity index (χ2n) is 8.10. The fourth-order valence-corrected chi connectivity index (χ4v) is 5.20. The first-order valence-electron chi connectivity index (χ1n) is 10.4. The number of benzene rings is 1. The third kappa shape index (κ3) is 3.80. The molecule has 0 bridgehead atoms. The summed E-state index contributed by atoms with van der Waals surface area (Å²) in [4.78, 5) is 21.5. The van der Waals surface area contributed by atoms with Gasteiger partial charge in [0, 0.05) is 17.5 Å². The average molecular weight is 396 g/mol. The number of fused-ring (bicyclic) bond motifs is 1. The SMILES string of the molecule is COc1nc(C)c(CC(=O)N[C@H]2[C@H]3CCCC[C@H]3[C@@H]2c2ccccc2)c(OC)n1. The van der Waals surface area contributed by atoms with Crippen LogP contribution in [0.25, 0.3) is 0 Å². The minimum atomic E-state index is -0.00452. The van der Waals surface area contributed by atoms with Crippen LogP contribution in [-0.2, 0) is 11.2 Å². The molecular formula is C23H29N3O3. The van der Waals surface area contributed by atoms with Crippen molar-refractivity contribution < 1.29 is 14.3 Å². The quantitative estimate of drug-likeness (QED) is 0.811. The Bertz CT molecular complexity index is 871. The molecule has 1 N–H and O–H groups in total. The molecule has 29 heavy (non-hydrogen) atoms. The van der Waals surface area contributed by atoms with Crippen molar-refractivity contribution >= 4 is 5.91 Å². The van der Waals surface area contributed by atoms with Gasteiger partial charge in [0.1, 0.15) is 0 Å². The fraction of sp³-hybridized carbons (Fsp3) is 0.522. The van der Waals surface area contributed by atoms with E-state index in [1.54, 1.807) is 7.11 Å². The maximum Gasteiger partial charge on any atom is 0.319 e. The standard InChI is InChI=1S/C23H29N3O3/c1-14-18(22(28-2)26-23(24-14)29-3)13-19(27)25-21-17-12-8-7-11-16(17)20(21)15-9-5-4-6-10-15/h4-6,9-10,16-17,20-21H,7-8,11-13H2,1-3H3,(H,25,27)/t16-,17+,20+,21+/m1/s1. The van der Waals surface area contributed by atoms with Gasteiger partial charge in [0.2, 0.25) is 11.8 Å². The highest BCUT2D eigenvalue weighted by molar-refractivity contribution is 5.80. The number of hydrogen-bond donors (Lipinski definition) is 1. The molecule has 154 valence electrons. The minimum absolute atomic E-state index is 0.00452. The van der Waals surface area contributed by atoms with E-state index in [4.69, 9.17) is 9.47 Å². The topological polar surface area (TPSA) is 73.3 Å². The highest BCUT2D eigenvalue weighted by Crippen LogP contribution is 2.54. The van der Waals surface area contributed by atoms with Gasteiger partial charge in [-0.2, -0.15) is 4.98 Å². The normalized spacial score (nSPS) is 25.5. The van der Waals surface area contributed by atoms with E-state index in [9.17, 15) is 4.79 Å². The molecule has 6 heteroatoms. The zero-order valence-electron chi connectivity index (χ0n) is 17.4. The summed E-state index contributed by atoms with van der Waals surface area (Å²) >= 11 is 0. The number of carbonyl (C=O) groups excluding carboxylic acids is 1. The fourth-order valence-electron chi connectivity index (χ4n) is 5.20. The van der Waals surface area contributed by atoms with Crippen LogP contribution in [0.1, 0.15) is 48.4 Å². The number of methoxy groups -OCH3 is 2. The van der Waals surface area contributed by atoms with E-state index in [-0.39, 0.29) is 24.4 Å². The maximum atomic E-state index is 13.0. The van der Waals surface area contributed by atoms with Crippen molar-refractivity contribution in [3.05, 3.63) is 47.2 Å². The molecule has 2 aliphatic rings. The van der Waals surface area contributed by atoms with Crippen molar-refractivity contribution in [3.63, 3.8) is 0 Å². The van der Waals surface area contributed by atoms with Gasteiger partial charge in [0.25, 0.3) is 0 Å². The van der Waals surface area contributed by atoms with Crippen LogP contribution < -0.4 is 14.8 Å². The van der Waals surface area contributed by atoms with Gasteiger partial charge in [-0.3, -0.25) is 4.79 Å². The molecule has 0 spiro atoms. The Hall–Kier alpha value is -2.63. The van der Waals surface area contributed by atoms with Crippen LogP contribution in [-0.4, -0.2) is 36.1 Å². The van der Waals surface area contributed by atoms with Crippen LogP contribution in [0.2, 0.25) is 0 Å². The first-order valence-corrected chi connectivity index (χ1v) is 10.4. The lowest BCUT2D eigenvalue weighted by Crippen LogP contribution is -2.59. The summed E-state index contributed by atoms with van der Waals surface area (Å²) in [6, 6.07) is 11.1. The van der Waals surface area contributed by atoms with Crippen LogP contribution in [0.15, 0.2) is 30.3 Å². The molecule has 1 aromatic heterocycles. The van der Waals surface area contributed by atoms with Gasteiger partial charge in [-0.25, -0.2) is 4.98 Å². The number of rotatable bonds is 6. The summed E-state index contributed by atoms with van der Waals surface area (Å²) in [6.45, 7) is 1.85. The summed E-state index contributed by atoms with van der Waals surface area (Å²) in [7, 11) is 3.06. The van der Waals surface area contributed by atoms with Crippen molar-refractivity contribution in [2.24, 2.45) is 11.8 Å². The molecule has 1 heterocycles. The van der Waals surface area contributed by atoms with Crippen LogP contribution >= 0.6 is 0 Å². The van der Waals surface area contributed by atoms with Crippen molar-refractivity contribution in [1.29, 1.82) is 0 Å². The zero-order valence-corrected chi connectivity index (χ0v) is 17.4. The van der Waals surface area contributed by atoms with Crippen LogP contribution in [0, 0.1) is 18.8 Å². The Morgan fingerprint density at radius 1 is 1.07 bits per heavy atom. The van der Waals surface area contributed by atoms with E-state index in [0.29, 0.717) is 34.9 Å². The maximum absolute atomic E-state index is 13.0. The number of hydrogen-bond acceptors (Lipinski definition) is 5. The molecule has 0 radical (unpaired) electrons. The molecule has 0 saturated heterocycles. The molecule has 1 amide bonds. The number of amides is 1. The van der Waals surface area contributed by atoms with Crippen molar-refractivity contribution in [1.82, 2.24) is 15.3 Å². The number of ether oxygens (including phenoxy) is 2. The van der Waals surface area contributed by atoms with Gasteiger partial charge >= 0.3 is 6.01 Å². The first-order chi connectivity index (χ1) is 14.1. The Kier molecular flexibility index (Phi) is 5.69. The molecule has 4 rings (SSSR count). The highest BCUT2D eigenvalue weighted by atomic mass is 16.5. The van der Waals surface area contributed by atoms with Gasteiger partial charge < -0.3 is 14.8 Å². The number of nitrogens with one attached hydrogen (secondary N) is 1. The highest BCUT2D eigenvalue weighted by Gasteiger charge is 2.51. The number of aryl methyl sites for hydroxylation is 1. The first kappa shape index (κ1) is 19.7. The molecule has 0 aliphatic heterocycles. The van der Waals surface area contributed by atoms with E-state index < -0.39 is 0 Å². The Morgan fingerprint density at radius 2 is 1.79 bits per heavy atom. The predicted molar refractivity (Wildman–Crippen MR) is 110 cm³/mol. The van der Waals surface area contributed by atoms with Gasteiger partial charge in [0.05, 0.1) is 26.3 Å². The average Bonchev–Trinajstić information content (AvgIpc) is 2.74. The molecule has 2 aromatic rings. The lowest BCUT2D eigenvalue weighted by atomic mass is 9.53. The molecule has 4 atom stereocenters. The third-order valence-electron chi connectivity index (χ3n) is 6.57. The molecule has 6 nitrogen and oxygen atoms in total. The van der Waals surface area contributed by atoms with Crippen molar-refractivity contribution in [3.8, 4) is 11.9 Å². The molecular weight excluding hydrogens is 366 g/mol. The summed E-state index contributed by atoms with van der Waals surface area (Å²) in [5.41, 5.74) is 2.75. The van der Waals surface area contributed by atoms with E-state index in [2.05, 4.69) is 39.6 Å². The predicted octanol–water partition coefficient (Wildman–Crippen LogP) is 3.43. The zero-order chi connectivity index (χ0) is 20.4. The molecule has 0 unspecified atom stereocenters. The third-order valence-corrected chi connectivity index (χ3v) is 6.57. The Morgan fingerprint density at radius 3 is 2.48 bits per heavy atom. The molecule has 1 aromatic carbocycles. The minimum Gasteiger partial charge on any atom is -0.481 e. The van der Waals surface area contributed by atoms with Crippen LogP contribution in [0.4, 0.5) is 0 Å².